The SMILES string of the molecule is CC1CN(C(=O)NC2(CC(=O)O)CCCC2)CC1C. The summed E-state index contributed by atoms with van der Waals surface area (Å²) in [6.45, 7) is 5.85. The van der Waals surface area contributed by atoms with Gasteiger partial charge >= 0.3 is 12.0 Å². The zero-order valence-corrected chi connectivity index (χ0v) is 11.8. The van der Waals surface area contributed by atoms with E-state index in [1.165, 1.54) is 0 Å². The molecule has 2 atom stereocenters. The Morgan fingerprint density at radius 1 is 1.21 bits per heavy atom. The van der Waals surface area contributed by atoms with Gasteiger partial charge < -0.3 is 15.3 Å². The van der Waals surface area contributed by atoms with E-state index in [9.17, 15) is 9.59 Å². The van der Waals surface area contributed by atoms with Crippen molar-refractivity contribution in [3.63, 3.8) is 0 Å². The first-order valence-corrected chi connectivity index (χ1v) is 7.21. The molecule has 2 rings (SSSR count). The molecule has 0 bridgehead atoms. The number of hydrogen-bond acceptors (Lipinski definition) is 2. The highest BCUT2D eigenvalue weighted by atomic mass is 16.4. The predicted octanol–water partition coefficient (Wildman–Crippen LogP) is 2.07. The maximum atomic E-state index is 12.3. The van der Waals surface area contributed by atoms with Gasteiger partial charge in [-0.05, 0) is 24.7 Å². The highest BCUT2D eigenvalue weighted by Crippen LogP contribution is 2.33. The molecule has 1 aliphatic heterocycles. The molecule has 1 heterocycles. The van der Waals surface area contributed by atoms with Crippen LogP contribution in [0.3, 0.4) is 0 Å². The molecular formula is C14H24N2O3. The Morgan fingerprint density at radius 2 is 1.74 bits per heavy atom. The number of aliphatic carboxylic acids is 1. The number of urea groups is 1. The van der Waals surface area contributed by atoms with Crippen LogP contribution in [0.25, 0.3) is 0 Å². The highest BCUT2D eigenvalue weighted by Gasteiger charge is 2.39. The maximum absolute atomic E-state index is 12.3. The smallest absolute Gasteiger partial charge is 0.317 e. The van der Waals surface area contributed by atoms with E-state index in [1.807, 2.05) is 4.90 Å². The molecule has 0 aromatic carbocycles. The lowest BCUT2D eigenvalue weighted by atomic mass is 9.93. The van der Waals surface area contributed by atoms with Crippen LogP contribution in [-0.4, -0.2) is 40.6 Å². The van der Waals surface area contributed by atoms with Crippen molar-refractivity contribution in [2.45, 2.75) is 51.5 Å². The summed E-state index contributed by atoms with van der Waals surface area (Å²) in [5, 5.41) is 12.0. The molecule has 0 aromatic rings. The van der Waals surface area contributed by atoms with Crippen molar-refractivity contribution in [3.8, 4) is 0 Å². The Bertz CT molecular complexity index is 354. The summed E-state index contributed by atoms with van der Waals surface area (Å²) >= 11 is 0. The number of carbonyl (C=O) groups excluding carboxylic acids is 1. The lowest BCUT2D eigenvalue weighted by Gasteiger charge is -2.31. The van der Waals surface area contributed by atoms with Crippen LogP contribution in [-0.2, 0) is 4.79 Å². The first kappa shape index (κ1) is 14.2. The summed E-state index contributed by atoms with van der Waals surface area (Å²) in [4.78, 5) is 25.1. The van der Waals surface area contributed by atoms with Gasteiger partial charge in [0.2, 0.25) is 0 Å². The number of nitrogens with one attached hydrogen (secondary N) is 1. The molecular weight excluding hydrogens is 244 g/mol. The predicted molar refractivity (Wildman–Crippen MR) is 71.9 cm³/mol. The van der Waals surface area contributed by atoms with E-state index in [4.69, 9.17) is 5.11 Å². The molecule has 2 aliphatic rings. The van der Waals surface area contributed by atoms with Gasteiger partial charge in [0.15, 0.2) is 0 Å². The minimum Gasteiger partial charge on any atom is -0.481 e. The van der Waals surface area contributed by atoms with Crippen molar-refractivity contribution in [1.82, 2.24) is 10.2 Å². The molecule has 0 radical (unpaired) electrons. The number of carbonyl (C=O) groups is 2. The second-order valence-electron chi connectivity index (χ2n) is 6.35. The van der Waals surface area contributed by atoms with E-state index in [1.54, 1.807) is 0 Å². The fraction of sp³-hybridized carbons (Fsp3) is 0.857. The van der Waals surface area contributed by atoms with Crippen LogP contribution >= 0.6 is 0 Å². The molecule has 5 heteroatoms. The van der Waals surface area contributed by atoms with E-state index in [0.717, 1.165) is 38.8 Å². The van der Waals surface area contributed by atoms with Crippen molar-refractivity contribution >= 4 is 12.0 Å². The van der Waals surface area contributed by atoms with E-state index in [0.29, 0.717) is 11.8 Å². The Labute approximate surface area is 114 Å². The van der Waals surface area contributed by atoms with Crippen LogP contribution in [0.2, 0.25) is 0 Å². The average molecular weight is 268 g/mol. The molecule has 2 fully saturated rings. The van der Waals surface area contributed by atoms with Crippen LogP contribution in [0, 0.1) is 11.8 Å². The van der Waals surface area contributed by atoms with Gasteiger partial charge in [0.25, 0.3) is 0 Å². The van der Waals surface area contributed by atoms with Gasteiger partial charge in [0.05, 0.1) is 12.0 Å². The molecule has 2 amide bonds. The summed E-state index contributed by atoms with van der Waals surface area (Å²) in [6.07, 6.45) is 3.60. The van der Waals surface area contributed by atoms with Crippen molar-refractivity contribution in [2.24, 2.45) is 11.8 Å². The number of carboxylic acids is 1. The summed E-state index contributed by atoms with van der Waals surface area (Å²) in [6, 6.07) is -0.0839. The van der Waals surface area contributed by atoms with Gasteiger partial charge in [-0.1, -0.05) is 26.7 Å². The monoisotopic (exact) mass is 268 g/mol. The van der Waals surface area contributed by atoms with Gasteiger partial charge in [-0.25, -0.2) is 4.79 Å². The fourth-order valence-corrected chi connectivity index (χ4v) is 3.29. The first-order valence-electron chi connectivity index (χ1n) is 7.21. The zero-order valence-electron chi connectivity index (χ0n) is 11.8. The summed E-state index contributed by atoms with van der Waals surface area (Å²) in [5.74, 6) is 0.208. The van der Waals surface area contributed by atoms with Crippen molar-refractivity contribution in [3.05, 3.63) is 0 Å². The van der Waals surface area contributed by atoms with Crippen molar-refractivity contribution in [1.29, 1.82) is 0 Å². The summed E-state index contributed by atoms with van der Waals surface area (Å²) in [7, 11) is 0. The topological polar surface area (TPSA) is 69.6 Å². The molecule has 0 spiro atoms. The fourth-order valence-electron chi connectivity index (χ4n) is 3.29. The first-order chi connectivity index (χ1) is 8.92. The van der Waals surface area contributed by atoms with Crippen LogP contribution in [0.4, 0.5) is 4.79 Å². The van der Waals surface area contributed by atoms with Crippen LogP contribution in [0.5, 0.6) is 0 Å². The minimum absolute atomic E-state index is 0.0394. The Hall–Kier alpha value is -1.26. The Morgan fingerprint density at radius 3 is 2.21 bits per heavy atom. The highest BCUT2D eigenvalue weighted by molar-refractivity contribution is 5.77. The number of carboxylic acid groups (broad SMARTS) is 1. The van der Waals surface area contributed by atoms with Crippen LogP contribution in [0.1, 0.15) is 46.0 Å². The molecule has 1 aliphatic carbocycles. The molecule has 108 valence electrons. The molecule has 1 saturated carbocycles. The van der Waals surface area contributed by atoms with E-state index in [2.05, 4.69) is 19.2 Å². The lowest BCUT2D eigenvalue weighted by molar-refractivity contribution is -0.138. The number of likely N-dealkylation sites (tertiary alicyclic amines) is 1. The van der Waals surface area contributed by atoms with E-state index >= 15 is 0 Å². The molecule has 2 unspecified atom stereocenters. The third-order valence-electron chi connectivity index (χ3n) is 4.70. The number of nitrogens with zero attached hydrogens (tertiary/aromatic N) is 1. The third kappa shape index (κ3) is 3.19. The number of rotatable bonds is 3. The van der Waals surface area contributed by atoms with Crippen molar-refractivity contribution in [2.75, 3.05) is 13.1 Å². The molecule has 2 N–H and O–H groups in total. The largest absolute Gasteiger partial charge is 0.481 e. The molecule has 19 heavy (non-hydrogen) atoms. The Kier molecular flexibility index (Phi) is 4.02. The Balaban J connectivity index is 1.98. The van der Waals surface area contributed by atoms with Gasteiger partial charge in [-0.3, -0.25) is 4.79 Å². The second kappa shape index (κ2) is 5.39. The molecule has 1 saturated heterocycles. The summed E-state index contributed by atoms with van der Waals surface area (Å²) < 4.78 is 0. The van der Waals surface area contributed by atoms with Crippen molar-refractivity contribution < 1.29 is 14.7 Å². The maximum Gasteiger partial charge on any atom is 0.317 e. The number of hydrogen-bond donors (Lipinski definition) is 2. The number of amides is 2. The standard InChI is InChI=1S/C14H24N2O3/c1-10-8-16(9-11(10)2)13(19)15-14(7-12(17)18)5-3-4-6-14/h10-11H,3-9H2,1-2H3,(H,15,19)(H,17,18). The van der Waals surface area contributed by atoms with Crippen LogP contribution < -0.4 is 5.32 Å². The average Bonchev–Trinajstić information content (AvgIpc) is 2.87. The zero-order chi connectivity index (χ0) is 14.0. The lowest BCUT2D eigenvalue weighted by Crippen LogP contribution is -2.52. The second-order valence-corrected chi connectivity index (χ2v) is 6.35. The quantitative estimate of drug-likeness (QED) is 0.823. The molecule has 5 nitrogen and oxygen atoms in total. The van der Waals surface area contributed by atoms with E-state index < -0.39 is 11.5 Å². The normalized spacial score (nSPS) is 29.5. The van der Waals surface area contributed by atoms with Crippen LogP contribution in [0.15, 0.2) is 0 Å². The van der Waals surface area contributed by atoms with Gasteiger partial charge in [0, 0.05) is 13.1 Å². The van der Waals surface area contributed by atoms with E-state index in [-0.39, 0.29) is 12.5 Å². The van der Waals surface area contributed by atoms with Gasteiger partial charge in [-0.15, -0.1) is 0 Å². The third-order valence-corrected chi connectivity index (χ3v) is 4.70. The molecule has 0 aromatic heterocycles. The minimum atomic E-state index is -0.828. The van der Waals surface area contributed by atoms with Gasteiger partial charge in [-0.2, -0.15) is 0 Å². The van der Waals surface area contributed by atoms with Gasteiger partial charge in [0.1, 0.15) is 0 Å². The summed E-state index contributed by atoms with van der Waals surface area (Å²) in [5.41, 5.74) is -0.516.